The Balaban J connectivity index is 1.05. The van der Waals surface area contributed by atoms with Gasteiger partial charge in [0.05, 0.1) is 0 Å². The van der Waals surface area contributed by atoms with Crippen LogP contribution in [0.5, 0.6) is 0 Å². The lowest BCUT2D eigenvalue weighted by Gasteiger charge is -2.57. The highest BCUT2D eigenvalue weighted by atomic mass is 16.2. The standard InChI is InChI=1S/C25H38N6O/c1-28-2-4-29(5-3-28)22-13-23(27-18-26-22)30-6-8-31(9-7-30)24(32)17-25-14-19-10-20(15-25)12-21(11-19)16-25/h13,18-21H,2-12,14-17H2,1H3. The van der Waals surface area contributed by atoms with Crippen molar-refractivity contribution in [3.63, 3.8) is 0 Å². The third-order valence-electron chi connectivity index (χ3n) is 9.11. The quantitative estimate of drug-likeness (QED) is 0.720. The van der Waals surface area contributed by atoms with Crippen molar-refractivity contribution >= 4 is 17.5 Å². The second kappa shape index (κ2) is 8.15. The van der Waals surface area contributed by atoms with Crippen molar-refractivity contribution < 1.29 is 4.79 Å². The van der Waals surface area contributed by atoms with Gasteiger partial charge in [-0.2, -0.15) is 0 Å². The van der Waals surface area contributed by atoms with Gasteiger partial charge in [0.15, 0.2) is 0 Å². The molecule has 0 aromatic carbocycles. The molecule has 2 saturated heterocycles. The Morgan fingerprint density at radius 3 is 1.88 bits per heavy atom. The van der Waals surface area contributed by atoms with Crippen molar-refractivity contribution in [2.75, 3.05) is 69.2 Å². The van der Waals surface area contributed by atoms with Gasteiger partial charge in [-0.3, -0.25) is 4.79 Å². The second-order valence-corrected chi connectivity index (χ2v) is 11.5. The first-order valence-corrected chi connectivity index (χ1v) is 12.8. The van der Waals surface area contributed by atoms with Gasteiger partial charge in [0, 0.05) is 64.8 Å². The van der Waals surface area contributed by atoms with Gasteiger partial charge in [-0.05, 0) is 68.7 Å². The van der Waals surface area contributed by atoms with Crippen molar-refractivity contribution in [1.82, 2.24) is 19.8 Å². The lowest BCUT2D eigenvalue weighted by Crippen LogP contribution is -2.52. The highest BCUT2D eigenvalue weighted by Crippen LogP contribution is 2.61. The van der Waals surface area contributed by atoms with Crippen molar-refractivity contribution in [2.24, 2.45) is 23.2 Å². The Morgan fingerprint density at radius 1 is 0.844 bits per heavy atom. The van der Waals surface area contributed by atoms with E-state index >= 15 is 0 Å². The zero-order valence-corrected chi connectivity index (χ0v) is 19.6. The van der Waals surface area contributed by atoms with Crippen LogP contribution in [0.4, 0.5) is 11.6 Å². The number of nitrogens with zero attached hydrogens (tertiary/aromatic N) is 6. The zero-order chi connectivity index (χ0) is 21.7. The molecule has 2 aliphatic heterocycles. The van der Waals surface area contributed by atoms with E-state index in [1.165, 1.54) is 38.5 Å². The fourth-order valence-electron chi connectivity index (χ4n) is 7.84. The van der Waals surface area contributed by atoms with Crippen LogP contribution in [0.15, 0.2) is 12.4 Å². The molecule has 0 unspecified atom stereocenters. The number of hydrogen-bond acceptors (Lipinski definition) is 6. The number of anilines is 2. The van der Waals surface area contributed by atoms with Gasteiger partial charge in [0.2, 0.25) is 5.91 Å². The third kappa shape index (κ3) is 3.97. The van der Waals surface area contributed by atoms with Crippen LogP contribution in [-0.2, 0) is 4.79 Å². The average Bonchev–Trinajstić information content (AvgIpc) is 2.78. The van der Waals surface area contributed by atoms with E-state index in [2.05, 4.69) is 42.7 Å². The van der Waals surface area contributed by atoms with Crippen LogP contribution in [0.3, 0.4) is 0 Å². The van der Waals surface area contributed by atoms with Crippen LogP contribution in [-0.4, -0.2) is 85.1 Å². The van der Waals surface area contributed by atoms with Gasteiger partial charge in [-0.25, -0.2) is 9.97 Å². The summed E-state index contributed by atoms with van der Waals surface area (Å²) in [5.74, 6) is 5.19. The molecule has 174 valence electrons. The van der Waals surface area contributed by atoms with Gasteiger partial charge in [0.25, 0.3) is 0 Å². The molecular weight excluding hydrogens is 400 g/mol. The summed E-state index contributed by atoms with van der Waals surface area (Å²) < 4.78 is 0. The fourth-order valence-corrected chi connectivity index (χ4v) is 7.84. The molecule has 7 rings (SSSR count). The summed E-state index contributed by atoms with van der Waals surface area (Å²) in [5.41, 5.74) is 0.340. The second-order valence-electron chi connectivity index (χ2n) is 11.5. The third-order valence-corrected chi connectivity index (χ3v) is 9.11. The van der Waals surface area contributed by atoms with Crippen LogP contribution in [0.25, 0.3) is 0 Å². The maximum Gasteiger partial charge on any atom is 0.223 e. The predicted octanol–water partition coefficient (Wildman–Crippen LogP) is 2.48. The van der Waals surface area contributed by atoms with E-state index in [0.717, 1.165) is 88.2 Å². The van der Waals surface area contributed by atoms with Crippen molar-refractivity contribution in [2.45, 2.75) is 44.9 Å². The van der Waals surface area contributed by atoms with E-state index in [1.807, 2.05) is 0 Å². The number of aromatic nitrogens is 2. The largest absolute Gasteiger partial charge is 0.354 e. The van der Waals surface area contributed by atoms with Crippen molar-refractivity contribution in [1.29, 1.82) is 0 Å². The Morgan fingerprint density at radius 2 is 1.34 bits per heavy atom. The SMILES string of the molecule is CN1CCN(c2cc(N3CCN(C(=O)CC45CC6CC(CC(C6)C4)C5)CC3)ncn2)CC1. The summed E-state index contributed by atoms with van der Waals surface area (Å²) in [4.78, 5) is 31.6. The predicted molar refractivity (Wildman–Crippen MR) is 126 cm³/mol. The van der Waals surface area contributed by atoms with E-state index in [1.54, 1.807) is 6.33 Å². The molecule has 1 aromatic heterocycles. The minimum Gasteiger partial charge on any atom is -0.354 e. The van der Waals surface area contributed by atoms with Gasteiger partial charge in [0.1, 0.15) is 18.0 Å². The van der Waals surface area contributed by atoms with E-state index in [-0.39, 0.29) is 0 Å². The van der Waals surface area contributed by atoms with Gasteiger partial charge in [-0.15, -0.1) is 0 Å². The maximum atomic E-state index is 13.3. The number of piperazine rings is 2. The van der Waals surface area contributed by atoms with E-state index in [4.69, 9.17) is 0 Å². The molecule has 6 aliphatic rings. The molecule has 3 heterocycles. The van der Waals surface area contributed by atoms with E-state index < -0.39 is 0 Å². The average molecular weight is 439 g/mol. The molecule has 0 spiro atoms. The van der Waals surface area contributed by atoms with Gasteiger partial charge < -0.3 is 19.6 Å². The highest BCUT2D eigenvalue weighted by molar-refractivity contribution is 5.77. The molecule has 7 nitrogen and oxygen atoms in total. The first-order valence-electron chi connectivity index (χ1n) is 12.8. The summed E-state index contributed by atoms with van der Waals surface area (Å²) in [7, 11) is 2.17. The molecule has 0 radical (unpaired) electrons. The summed E-state index contributed by atoms with van der Waals surface area (Å²) >= 11 is 0. The van der Waals surface area contributed by atoms with Crippen molar-refractivity contribution in [3.8, 4) is 0 Å². The number of likely N-dealkylation sites (N-methyl/N-ethyl adjacent to an activating group) is 1. The number of rotatable bonds is 4. The molecule has 0 atom stereocenters. The minimum absolute atomic E-state index is 0.340. The molecule has 7 heteroatoms. The van der Waals surface area contributed by atoms with Crippen LogP contribution < -0.4 is 9.80 Å². The lowest BCUT2D eigenvalue weighted by atomic mass is 9.49. The Kier molecular flexibility index (Phi) is 5.27. The maximum absolute atomic E-state index is 13.3. The smallest absolute Gasteiger partial charge is 0.223 e. The molecular formula is C25H38N6O. The summed E-state index contributed by atoms with van der Waals surface area (Å²) in [6.45, 7) is 7.54. The molecule has 4 aliphatic carbocycles. The van der Waals surface area contributed by atoms with Crippen molar-refractivity contribution in [3.05, 3.63) is 12.4 Å². The Labute approximate surface area is 192 Å². The lowest BCUT2D eigenvalue weighted by molar-refractivity contribution is -0.139. The topological polar surface area (TPSA) is 55.8 Å². The molecule has 32 heavy (non-hydrogen) atoms. The number of amides is 1. The number of carbonyl (C=O) groups excluding carboxylic acids is 1. The monoisotopic (exact) mass is 438 g/mol. The number of hydrogen-bond donors (Lipinski definition) is 0. The minimum atomic E-state index is 0.340. The molecule has 0 N–H and O–H groups in total. The molecule has 1 aromatic rings. The van der Waals surface area contributed by atoms with E-state index in [9.17, 15) is 4.79 Å². The molecule has 4 bridgehead atoms. The van der Waals surface area contributed by atoms with Crippen LogP contribution in [0.1, 0.15) is 44.9 Å². The molecule has 4 saturated carbocycles. The summed E-state index contributed by atoms with van der Waals surface area (Å²) in [6.07, 6.45) is 10.8. The van der Waals surface area contributed by atoms with Crippen LogP contribution >= 0.6 is 0 Å². The van der Waals surface area contributed by atoms with Crippen LogP contribution in [0.2, 0.25) is 0 Å². The van der Waals surface area contributed by atoms with Gasteiger partial charge >= 0.3 is 0 Å². The Hall–Kier alpha value is -1.89. The normalized spacial score (nSPS) is 34.9. The number of carbonyl (C=O) groups is 1. The first-order chi connectivity index (χ1) is 15.6. The zero-order valence-electron chi connectivity index (χ0n) is 19.6. The Bertz CT molecular complexity index is 807. The summed E-state index contributed by atoms with van der Waals surface area (Å²) in [6, 6.07) is 2.14. The first kappa shape index (κ1) is 20.7. The van der Waals surface area contributed by atoms with Gasteiger partial charge in [-0.1, -0.05) is 0 Å². The fraction of sp³-hybridized carbons (Fsp3) is 0.800. The molecule has 1 amide bonds. The van der Waals surface area contributed by atoms with E-state index in [0.29, 0.717) is 11.3 Å². The van der Waals surface area contributed by atoms with Crippen LogP contribution in [0, 0.1) is 23.2 Å². The highest BCUT2D eigenvalue weighted by Gasteiger charge is 2.51. The molecule has 6 fully saturated rings. The summed E-state index contributed by atoms with van der Waals surface area (Å²) in [5, 5.41) is 0.